The monoisotopic (exact) mass is 872 g/mol. The zero-order chi connectivity index (χ0) is 44.6. The Labute approximate surface area is 372 Å². The van der Waals surface area contributed by atoms with Crippen molar-refractivity contribution < 1.29 is 37.9 Å². The molecule has 1 amide bonds. The molecule has 0 saturated carbocycles. The van der Waals surface area contributed by atoms with Crippen molar-refractivity contribution in [2.75, 3.05) is 26.4 Å². The Morgan fingerprint density at radius 2 is 0.902 bits per heavy atom. The van der Waals surface area contributed by atoms with Crippen LogP contribution in [0, 0.1) is 0 Å². The Morgan fingerprint density at radius 1 is 0.508 bits per heavy atom. The molecule has 0 spiro atoms. The van der Waals surface area contributed by atoms with Gasteiger partial charge in [-0.05, 0) is 96.3 Å². The van der Waals surface area contributed by atoms with Crippen molar-refractivity contribution in [3.8, 4) is 0 Å². The third-order valence-corrected chi connectivity index (χ3v) is 10.5. The molecule has 61 heavy (non-hydrogen) atoms. The molecule has 0 radical (unpaired) electrons. The van der Waals surface area contributed by atoms with Crippen LogP contribution in [0.4, 0.5) is 0 Å². The first-order chi connectivity index (χ1) is 29.8. The van der Waals surface area contributed by atoms with Crippen LogP contribution in [0.2, 0.25) is 0 Å². The summed E-state index contributed by atoms with van der Waals surface area (Å²) in [5.41, 5.74) is 0. The lowest BCUT2D eigenvalue weighted by molar-refractivity contribution is -0.147. The van der Waals surface area contributed by atoms with Crippen LogP contribution in [0.5, 0.6) is 0 Å². The van der Waals surface area contributed by atoms with E-state index in [0.29, 0.717) is 12.8 Å². The number of hydrogen-bond acceptors (Lipinski definition) is 7. The van der Waals surface area contributed by atoms with E-state index < -0.39 is 26.5 Å². The molecule has 0 rings (SSSR count). The van der Waals surface area contributed by atoms with Crippen molar-refractivity contribution in [3.63, 3.8) is 0 Å². The number of allylic oxidation sites excluding steroid dienone is 16. The molecule has 0 fully saturated rings. The highest BCUT2D eigenvalue weighted by molar-refractivity contribution is 7.47. The maximum atomic E-state index is 12.1. The Kier molecular flexibility index (Phi) is 44.1. The Balaban J connectivity index is 3.69. The fraction of sp³-hybridized carbons (Fsp3) is 0.647. The van der Waals surface area contributed by atoms with E-state index in [4.69, 9.17) is 13.8 Å². The summed E-state index contributed by atoms with van der Waals surface area (Å²) >= 11 is 0. The summed E-state index contributed by atoms with van der Waals surface area (Å²) in [6.07, 6.45) is 60.6. The number of aliphatic hydroxyl groups is 1. The second kappa shape index (κ2) is 46.4. The van der Waals surface area contributed by atoms with Crippen LogP contribution in [0.3, 0.4) is 0 Å². The average Bonchev–Trinajstić information content (AvgIpc) is 3.25. The van der Waals surface area contributed by atoms with Gasteiger partial charge in [-0.3, -0.25) is 18.6 Å². The molecule has 10 heteroatoms. The molecule has 0 heterocycles. The van der Waals surface area contributed by atoms with Crippen LogP contribution in [0.25, 0.3) is 0 Å². The number of carbonyl (C=O) groups excluding carboxylic acids is 2. The molecule has 348 valence electrons. The van der Waals surface area contributed by atoms with Gasteiger partial charge in [0.2, 0.25) is 5.91 Å². The average molecular weight is 872 g/mol. The van der Waals surface area contributed by atoms with Crippen molar-refractivity contribution in [2.45, 2.75) is 187 Å². The summed E-state index contributed by atoms with van der Waals surface area (Å²) in [5, 5.41) is 12.7. The van der Waals surface area contributed by atoms with Crippen molar-refractivity contribution in [1.29, 1.82) is 0 Å². The summed E-state index contributed by atoms with van der Waals surface area (Å²) in [5.74, 6) is -0.591. The van der Waals surface area contributed by atoms with E-state index in [1.807, 2.05) is 6.08 Å². The number of rotatable bonds is 43. The summed E-state index contributed by atoms with van der Waals surface area (Å²) in [7, 11) is -4.44. The first-order valence-electron chi connectivity index (χ1n) is 23.7. The van der Waals surface area contributed by atoms with Gasteiger partial charge in [-0.1, -0.05) is 169 Å². The highest BCUT2D eigenvalue weighted by Gasteiger charge is 2.23. The molecule has 0 aromatic carbocycles. The molecule has 2 atom stereocenters. The summed E-state index contributed by atoms with van der Waals surface area (Å²) in [4.78, 5) is 34.0. The van der Waals surface area contributed by atoms with E-state index in [0.717, 1.165) is 70.6 Å². The normalized spacial score (nSPS) is 14.1. The molecule has 0 aliphatic heterocycles. The number of phosphoric acid groups is 1. The van der Waals surface area contributed by atoms with Gasteiger partial charge in [-0.2, -0.15) is 0 Å². The van der Waals surface area contributed by atoms with Gasteiger partial charge in [0, 0.05) is 19.4 Å². The Hall–Kier alpha value is -3.07. The van der Waals surface area contributed by atoms with Gasteiger partial charge in [0.15, 0.2) is 0 Å². The maximum Gasteiger partial charge on any atom is 0.472 e. The van der Waals surface area contributed by atoms with E-state index in [2.05, 4.69) is 110 Å². The van der Waals surface area contributed by atoms with Gasteiger partial charge >= 0.3 is 13.8 Å². The molecule has 3 N–H and O–H groups in total. The fourth-order valence-electron chi connectivity index (χ4n) is 5.88. The lowest BCUT2D eigenvalue weighted by atomic mass is 10.1. The lowest BCUT2D eigenvalue weighted by Gasteiger charge is -2.15. The Bertz CT molecular complexity index is 1320. The van der Waals surface area contributed by atoms with Crippen LogP contribution >= 0.6 is 7.82 Å². The lowest BCUT2D eigenvalue weighted by Crippen LogP contribution is -2.27. The van der Waals surface area contributed by atoms with Crippen LogP contribution in [0.15, 0.2) is 97.2 Å². The number of carbonyl (C=O) groups is 2. The number of unbranched alkanes of at least 4 members (excludes halogenated alkanes) is 14. The van der Waals surface area contributed by atoms with Crippen molar-refractivity contribution in [1.82, 2.24) is 5.32 Å². The summed E-state index contributed by atoms with van der Waals surface area (Å²) in [6, 6.07) is 0. The SMILES string of the molecule is CCCCC/C=C\C/C=C\C/C=C\C/C=C\CCCCCCCCCC(=O)NCCOP(=O)(O)OCC(O)COC(=O)CCC/C=C\C/C=C\C/C=C\C/C=C\CCCCC. The maximum absolute atomic E-state index is 12.1. The third kappa shape index (κ3) is 47.8. The van der Waals surface area contributed by atoms with E-state index in [1.54, 1.807) is 0 Å². The topological polar surface area (TPSA) is 131 Å². The van der Waals surface area contributed by atoms with Crippen molar-refractivity contribution in [2.24, 2.45) is 0 Å². The molecule has 0 aliphatic rings. The molecule has 2 unspecified atom stereocenters. The van der Waals surface area contributed by atoms with Crippen LogP contribution in [-0.4, -0.2) is 54.3 Å². The minimum absolute atomic E-state index is 0.0629. The van der Waals surface area contributed by atoms with E-state index in [-0.39, 0.29) is 32.1 Å². The first-order valence-corrected chi connectivity index (χ1v) is 25.2. The molecular weight excluding hydrogens is 786 g/mol. The van der Waals surface area contributed by atoms with Crippen molar-refractivity contribution >= 4 is 19.7 Å². The molecule has 9 nitrogen and oxygen atoms in total. The smallest absolute Gasteiger partial charge is 0.463 e. The van der Waals surface area contributed by atoms with Gasteiger partial charge in [-0.15, -0.1) is 0 Å². The molecule has 0 saturated heterocycles. The summed E-state index contributed by atoms with van der Waals surface area (Å²) in [6.45, 7) is 3.41. The predicted octanol–water partition coefficient (Wildman–Crippen LogP) is 13.8. The molecule has 0 aromatic heterocycles. The molecule has 0 aromatic rings. The van der Waals surface area contributed by atoms with Crippen LogP contribution in [-0.2, 0) is 27.9 Å². The zero-order valence-corrected chi connectivity index (χ0v) is 39.2. The highest BCUT2D eigenvalue weighted by Crippen LogP contribution is 2.42. The number of esters is 1. The zero-order valence-electron chi connectivity index (χ0n) is 38.3. The number of amides is 1. The number of ether oxygens (including phenoxy) is 1. The minimum atomic E-state index is -4.44. The second-order valence-corrected chi connectivity index (χ2v) is 16.8. The standard InChI is InChI=1S/C51H86NO8P/c1-3-5-7-9-11-13-15-17-19-21-22-23-24-25-26-28-29-31-33-35-37-39-41-43-50(54)52-45-46-59-61(56,57)60-48-49(53)47-58-51(55)44-42-40-38-36-34-32-30-27-20-18-16-14-12-10-8-6-4-2/h11-14,17-20,22-23,25-26,30,32,36,38,49,53H,3-10,15-16,21,24,27-29,31,33-35,37,39-48H2,1-2H3,(H,52,54)(H,56,57)/b13-11-,14-12-,19-17-,20-18-,23-22-,26-25-,32-30-,38-36-. The third-order valence-electron chi connectivity index (χ3n) is 9.49. The largest absolute Gasteiger partial charge is 0.472 e. The fourth-order valence-corrected chi connectivity index (χ4v) is 6.64. The quantitative estimate of drug-likeness (QED) is 0.0239. The highest BCUT2D eigenvalue weighted by atomic mass is 31.2. The number of hydrogen-bond donors (Lipinski definition) is 3. The van der Waals surface area contributed by atoms with Gasteiger partial charge in [0.05, 0.1) is 13.2 Å². The molecular formula is C51H86NO8P. The second-order valence-electron chi connectivity index (χ2n) is 15.4. The molecule has 0 bridgehead atoms. The van der Waals surface area contributed by atoms with Crippen molar-refractivity contribution in [3.05, 3.63) is 97.2 Å². The molecule has 0 aliphatic carbocycles. The number of aliphatic hydroxyl groups excluding tert-OH is 1. The van der Waals surface area contributed by atoms with Crippen LogP contribution < -0.4 is 5.32 Å². The number of phosphoric ester groups is 1. The van der Waals surface area contributed by atoms with E-state index in [1.165, 1.54) is 77.0 Å². The van der Waals surface area contributed by atoms with Gasteiger partial charge in [0.25, 0.3) is 0 Å². The predicted molar refractivity (Wildman–Crippen MR) is 256 cm³/mol. The van der Waals surface area contributed by atoms with Gasteiger partial charge < -0.3 is 20.1 Å². The first kappa shape index (κ1) is 57.9. The summed E-state index contributed by atoms with van der Waals surface area (Å²) < 4.78 is 26.9. The minimum Gasteiger partial charge on any atom is -0.463 e. The van der Waals surface area contributed by atoms with E-state index >= 15 is 0 Å². The van der Waals surface area contributed by atoms with E-state index in [9.17, 15) is 24.2 Å². The van der Waals surface area contributed by atoms with Gasteiger partial charge in [-0.25, -0.2) is 4.57 Å². The number of nitrogens with one attached hydrogen (secondary N) is 1. The van der Waals surface area contributed by atoms with Crippen LogP contribution in [0.1, 0.15) is 181 Å². The Morgan fingerprint density at radius 3 is 1.36 bits per heavy atom. The van der Waals surface area contributed by atoms with Gasteiger partial charge in [0.1, 0.15) is 12.7 Å².